The van der Waals surface area contributed by atoms with Crippen molar-refractivity contribution in [3.8, 4) is 29.6 Å². The minimum atomic E-state index is -1.40. The summed E-state index contributed by atoms with van der Waals surface area (Å²) in [4.78, 5) is 10.6. The van der Waals surface area contributed by atoms with Crippen molar-refractivity contribution >= 4 is 5.97 Å². The highest BCUT2D eigenvalue weighted by Gasteiger charge is 2.19. The van der Waals surface area contributed by atoms with Gasteiger partial charge in [0, 0.05) is 0 Å². The lowest BCUT2D eigenvalue weighted by molar-refractivity contribution is 0.0695. The second-order valence-electron chi connectivity index (χ2n) is 2.46. The predicted octanol–water partition coefficient (Wildman–Crippen LogP) is 0.483. The van der Waals surface area contributed by atoms with E-state index in [1.54, 1.807) is 0 Å². The fourth-order valence-electron chi connectivity index (χ4n) is 0.959. The molecule has 0 saturated carbocycles. The fraction of sp³-hybridized carbons (Fsp3) is 0. The Morgan fingerprint density at radius 3 is 2.29 bits per heavy atom. The lowest BCUT2D eigenvalue weighted by Gasteiger charge is -2.06. The van der Waals surface area contributed by atoms with Crippen LogP contribution in [0.1, 0.15) is 15.9 Å². The number of aromatic carboxylic acids is 1. The maximum absolute atomic E-state index is 10.6. The van der Waals surface area contributed by atoms with Crippen molar-refractivity contribution in [1.82, 2.24) is 0 Å². The molecule has 5 nitrogen and oxygen atoms in total. The molecule has 0 amide bonds. The van der Waals surface area contributed by atoms with Gasteiger partial charge in [-0.3, -0.25) is 0 Å². The third-order valence-electron chi connectivity index (χ3n) is 1.63. The second kappa shape index (κ2) is 3.18. The van der Waals surface area contributed by atoms with Crippen molar-refractivity contribution in [2.75, 3.05) is 0 Å². The van der Waals surface area contributed by atoms with Crippen LogP contribution in [0.2, 0.25) is 0 Å². The molecule has 0 radical (unpaired) electrons. The number of terminal acetylenes is 1. The number of hydrogen-bond acceptors (Lipinski definition) is 4. The normalized spacial score (nSPS) is 9.36. The summed E-state index contributed by atoms with van der Waals surface area (Å²) in [7, 11) is 0. The van der Waals surface area contributed by atoms with E-state index >= 15 is 0 Å². The van der Waals surface area contributed by atoms with Gasteiger partial charge in [0.2, 0.25) is 5.75 Å². The standard InChI is InChI=1S/C9H6O5/c1-2-4-5(9(13)14)3-6(10)8(12)7(4)11/h1,3,10-12H,(H,13,14). The molecule has 72 valence electrons. The monoisotopic (exact) mass is 194 g/mol. The molecule has 0 spiro atoms. The Kier molecular flexibility index (Phi) is 2.21. The molecular weight excluding hydrogens is 188 g/mol. The molecule has 1 rings (SSSR count). The van der Waals surface area contributed by atoms with E-state index in [0.29, 0.717) is 0 Å². The van der Waals surface area contributed by atoms with Crippen LogP contribution in [0.5, 0.6) is 17.2 Å². The van der Waals surface area contributed by atoms with Crippen molar-refractivity contribution in [3.63, 3.8) is 0 Å². The summed E-state index contributed by atoms with van der Waals surface area (Å²) >= 11 is 0. The minimum Gasteiger partial charge on any atom is -0.504 e. The number of hydrogen-bond donors (Lipinski definition) is 4. The van der Waals surface area contributed by atoms with Crippen LogP contribution in [0, 0.1) is 12.3 Å². The first-order valence-corrected chi connectivity index (χ1v) is 3.46. The highest BCUT2D eigenvalue weighted by molar-refractivity contribution is 5.93. The summed E-state index contributed by atoms with van der Waals surface area (Å²) in [5, 5.41) is 35.9. The minimum absolute atomic E-state index is 0.368. The molecule has 1 aromatic carbocycles. The van der Waals surface area contributed by atoms with Crippen LogP contribution in [0.25, 0.3) is 0 Å². The largest absolute Gasteiger partial charge is 0.504 e. The van der Waals surface area contributed by atoms with E-state index in [1.165, 1.54) is 0 Å². The van der Waals surface area contributed by atoms with E-state index in [2.05, 4.69) is 0 Å². The Balaban J connectivity index is 3.62. The SMILES string of the molecule is C#Cc1c(C(=O)O)cc(O)c(O)c1O. The molecular formula is C9H6O5. The number of carbonyl (C=O) groups is 1. The number of carboxylic acid groups (broad SMARTS) is 1. The Bertz CT molecular complexity index is 441. The summed E-state index contributed by atoms with van der Waals surface area (Å²) in [5.41, 5.74) is -0.812. The van der Waals surface area contributed by atoms with Gasteiger partial charge in [0.1, 0.15) is 0 Å². The average molecular weight is 194 g/mol. The molecule has 5 heteroatoms. The van der Waals surface area contributed by atoms with Crippen molar-refractivity contribution < 1.29 is 25.2 Å². The van der Waals surface area contributed by atoms with Crippen molar-refractivity contribution in [1.29, 1.82) is 0 Å². The van der Waals surface area contributed by atoms with Gasteiger partial charge in [0.25, 0.3) is 0 Å². The lowest BCUT2D eigenvalue weighted by Crippen LogP contribution is -2.00. The summed E-state index contributed by atoms with van der Waals surface area (Å²) in [6.45, 7) is 0. The summed E-state index contributed by atoms with van der Waals surface area (Å²) in [5.74, 6) is -1.87. The van der Waals surface area contributed by atoms with Crippen LogP contribution in [0.15, 0.2) is 6.07 Å². The zero-order valence-electron chi connectivity index (χ0n) is 6.85. The maximum Gasteiger partial charge on any atom is 0.337 e. The van der Waals surface area contributed by atoms with Gasteiger partial charge in [-0.1, -0.05) is 5.92 Å². The van der Waals surface area contributed by atoms with Crippen molar-refractivity contribution in [2.24, 2.45) is 0 Å². The average Bonchev–Trinajstić information content (AvgIpc) is 2.13. The Morgan fingerprint density at radius 1 is 1.29 bits per heavy atom. The number of phenolic OH excluding ortho intramolecular Hbond substituents is 3. The number of aromatic hydroxyl groups is 3. The van der Waals surface area contributed by atoms with Crippen LogP contribution in [0.4, 0.5) is 0 Å². The molecule has 0 aliphatic carbocycles. The van der Waals surface area contributed by atoms with Gasteiger partial charge in [0.05, 0.1) is 11.1 Å². The van der Waals surface area contributed by atoms with Crippen LogP contribution in [0.3, 0.4) is 0 Å². The molecule has 0 unspecified atom stereocenters. The van der Waals surface area contributed by atoms with E-state index in [1.807, 2.05) is 5.92 Å². The molecule has 4 N–H and O–H groups in total. The third kappa shape index (κ3) is 1.29. The van der Waals surface area contributed by atoms with Crippen LogP contribution in [-0.2, 0) is 0 Å². The second-order valence-corrected chi connectivity index (χ2v) is 2.46. The first-order chi connectivity index (χ1) is 6.49. The molecule has 0 aliphatic rings. The molecule has 0 saturated heterocycles. The quantitative estimate of drug-likeness (QED) is 0.385. The smallest absolute Gasteiger partial charge is 0.337 e. The van der Waals surface area contributed by atoms with Crippen LogP contribution < -0.4 is 0 Å². The summed E-state index contributed by atoms with van der Waals surface area (Å²) in [6, 6.07) is 0.770. The Morgan fingerprint density at radius 2 is 1.86 bits per heavy atom. The molecule has 14 heavy (non-hydrogen) atoms. The molecule has 0 aliphatic heterocycles. The predicted molar refractivity (Wildman–Crippen MR) is 46.3 cm³/mol. The Hall–Kier alpha value is -2.35. The van der Waals surface area contributed by atoms with Gasteiger partial charge in [-0.2, -0.15) is 0 Å². The van der Waals surface area contributed by atoms with Gasteiger partial charge in [-0.05, 0) is 6.07 Å². The number of phenols is 3. The highest BCUT2D eigenvalue weighted by Crippen LogP contribution is 2.38. The molecule has 0 heterocycles. The molecule has 0 fully saturated rings. The van der Waals surface area contributed by atoms with Crippen LogP contribution >= 0.6 is 0 Å². The van der Waals surface area contributed by atoms with Crippen molar-refractivity contribution in [3.05, 3.63) is 17.2 Å². The third-order valence-corrected chi connectivity index (χ3v) is 1.63. The first kappa shape index (κ1) is 9.74. The zero-order chi connectivity index (χ0) is 10.9. The number of rotatable bonds is 1. The lowest BCUT2D eigenvalue weighted by atomic mass is 10.1. The zero-order valence-corrected chi connectivity index (χ0v) is 6.85. The van der Waals surface area contributed by atoms with E-state index in [-0.39, 0.29) is 5.56 Å². The molecule has 0 aromatic heterocycles. The maximum atomic E-state index is 10.6. The Labute approximate surface area is 78.9 Å². The molecule has 1 aromatic rings. The van der Waals surface area contributed by atoms with E-state index in [0.717, 1.165) is 6.07 Å². The fourth-order valence-corrected chi connectivity index (χ4v) is 0.959. The highest BCUT2D eigenvalue weighted by atomic mass is 16.4. The topological polar surface area (TPSA) is 98.0 Å². The number of carboxylic acids is 1. The van der Waals surface area contributed by atoms with Crippen molar-refractivity contribution in [2.45, 2.75) is 0 Å². The summed E-state index contributed by atoms with van der Waals surface area (Å²) < 4.78 is 0. The first-order valence-electron chi connectivity index (χ1n) is 3.46. The van der Waals surface area contributed by atoms with Gasteiger partial charge in [-0.15, -0.1) is 6.42 Å². The van der Waals surface area contributed by atoms with Gasteiger partial charge >= 0.3 is 5.97 Å². The van der Waals surface area contributed by atoms with E-state index < -0.39 is 28.8 Å². The van der Waals surface area contributed by atoms with E-state index in [9.17, 15) is 9.90 Å². The number of benzene rings is 1. The van der Waals surface area contributed by atoms with Crippen LogP contribution in [-0.4, -0.2) is 26.4 Å². The molecule has 0 bridgehead atoms. The molecule has 0 atom stereocenters. The van der Waals surface area contributed by atoms with Gasteiger partial charge in [-0.25, -0.2) is 4.79 Å². The van der Waals surface area contributed by atoms with E-state index in [4.69, 9.17) is 21.7 Å². The van der Waals surface area contributed by atoms with Gasteiger partial charge < -0.3 is 20.4 Å². The summed E-state index contributed by atoms with van der Waals surface area (Å²) in [6.07, 6.45) is 4.94. The van der Waals surface area contributed by atoms with Gasteiger partial charge in [0.15, 0.2) is 11.5 Å².